The number of aromatic nitrogens is 2. The van der Waals surface area contributed by atoms with Gasteiger partial charge in [0.1, 0.15) is 0 Å². The van der Waals surface area contributed by atoms with Crippen molar-refractivity contribution in [2.75, 3.05) is 6.54 Å². The molecule has 2 aromatic rings. The first-order chi connectivity index (χ1) is 10.1. The van der Waals surface area contributed by atoms with E-state index in [1.165, 1.54) is 4.68 Å². The van der Waals surface area contributed by atoms with Crippen molar-refractivity contribution in [3.63, 3.8) is 0 Å². The van der Waals surface area contributed by atoms with Gasteiger partial charge >= 0.3 is 6.18 Å². The monoisotopic (exact) mass is 331 g/mol. The Morgan fingerprint density at radius 1 is 1.18 bits per heavy atom. The summed E-state index contributed by atoms with van der Waals surface area (Å²) in [5.74, 6) is 0. The maximum atomic E-state index is 13.1. The van der Waals surface area contributed by atoms with Crippen molar-refractivity contribution < 1.29 is 13.2 Å². The van der Waals surface area contributed by atoms with Gasteiger partial charge in [0.05, 0.1) is 5.69 Å². The molecule has 3 nitrogen and oxygen atoms in total. The minimum atomic E-state index is -4.38. The van der Waals surface area contributed by atoms with E-state index < -0.39 is 11.9 Å². The van der Waals surface area contributed by atoms with Crippen LogP contribution in [-0.4, -0.2) is 16.3 Å². The van der Waals surface area contributed by atoms with Crippen LogP contribution in [0.25, 0.3) is 0 Å². The molecule has 7 heteroatoms. The summed E-state index contributed by atoms with van der Waals surface area (Å²) in [4.78, 5) is 0. The third kappa shape index (κ3) is 3.44. The summed E-state index contributed by atoms with van der Waals surface area (Å²) in [6, 6.07) is 9.72. The molecule has 0 saturated heterocycles. The first kappa shape index (κ1) is 16.8. The van der Waals surface area contributed by atoms with E-state index in [4.69, 9.17) is 0 Å². The van der Waals surface area contributed by atoms with Gasteiger partial charge in [-0.3, -0.25) is 4.68 Å². The predicted molar refractivity (Wildman–Crippen MR) is 80.0 cm³/mol. The van der Waals surface area contributed by atoms with Crippen LogP contribution < -0.4 is 5.32 Å². The molecular formula is C15H17ClF3N3. The Labute approximate surface area is 132 Å². The zero-order valence-electron chi connectivity index (χ0n) is 11.9. The second kappa shape index (κ2) is 6.71. The van der Waals surface area contributed by atoms with Gasteiger partial charge in [-0.05, 0) is 24.9 Å². The van der Waals surface area contributed by atoms with E-state index in [-0.39, 0.29) is 12.4 Å². The molecule has 0 bridgehead atoms. The third-order valence-electron chi connectivity index (χ3n) is 3.73. The third-order valence-corrected chi connectivity index (χ3v) is 3.73. The molecule has 3 rings (SSSR count). The molecule has 0 spiro atoms. The average Bonchev–Trinajstić information content (AvgIpc) is 2.85. The topological polar surface area (TPSA) is 29.9 Å². The smallest absolute Gasteiger partial charge is 0.311 e. The van der Waals surface area contributed by atoms with Gasteiger partial charge in [-0.2, -0.15) is 18.3 Å². The van der Waals surface area contributed by atoms with Gasteiger partial charge in [-0.15, -0.1) is 12.4 Å². The number of aryl methyl sites for hydroxylation is 2. The summed E-state index contributed by atoms with van der Waals surface area (Å²) < 4.78 is 40.7. The summed E-state index contributed by atoms with van der Waals surface area (Å²) in [5.41, 5.74) is 1.41. The van der Waals surface area contributed by atoms with Gasteiger partial charge in [0.25, 0.3) is 0 Å². The SMILES string of the molecule is Cl.FC(F)(F)c1nn(CCc2ccccc2)c2c1CCNC2. The molecule has 1 aromatic heterocycles. The highest BCUT2D eigenvalue weighted by Gasteiger charge is 2.39. The van der Waals surface area contributed by atoms with Crippen molar-refractivity contribution in [1.29, 1.82) is 0 Å². The number of hydrogen-bond donors (Lipinski definition) is 1. The van der Waals surface area contributed by atoms with Crippen molar-refractivity contribution in [1.82, 2.24) is 15.1 Å². The zero-order chi connectivity index (χ0) is 14.9. The molecule has 0 unspecified atom stereocenters. The van der Waals surface area contributed by atoms with Crippen LogP contribution in [0.15, 0.2) is 30.3 Å². The molecule has 0 atom stereocenters. The molecule has 0 amide bonds. The first-order valence-electron chi connectivity index (χ1n) is 6.96. The lowest BCUT2D eigenvalue weighted by molar-refractivity contribution is -0.142. The van der Waals surface area contributed by atoms with Crippen LogP contribution in [0.5, 0.6) is 0 Å². The van der Waals surface area contributed by atoms with Crippen molar-refractivity contribution in [2.45, 2.75) is 32.1 Å². The molecule has 1 aromatic carbocycles. The molecule has 1 N–H and O–H groups in total. The lowest BCUT2D eigenvalue weighted by Crippen LogP contribution is -2.26. The van der Waals surface area contributed by atoms with E-state index in [2.05, 4.69) is 10.4 Å². The van der Waals surface area contributed by atoms with E-state index in [1.807, 2.05) is 30.3 Å². The molecule has 0 radical (unpaired) electrons. The van der Waals surface area contributed by atoms with Crippen molar-refractivity contribution in [3.05, 3.63) is 52.8 Å². The maximum Gasteiger partial charge on any atom is 0.435 e. The molecule has 1 aliphatic rings. The lowest BCUT2D eigenvalue weighted by Gasteiger charge is -2.16. The first-order valence-corrected chi connectivity index (χ1v) is 6.96. The van der Waals surface area contributed by atoms with E-state index in [1.54, 1.807) is 0 Å². The molecule has 2 heterocycles. The number of nitrogens with zero attached hydrogens (tertiary/aromatic N) is 2. The minimum Gasteiger partial charge on any atom is -0.311 e. The van der Waals surface area contributed by atoms with Gasteiger partial charge in [-0.1, -0.05) is 30.3 Å². The Hall–Kier alpha value is -1.53. The Morgan fingerprint density at radius 2 is 1.91 bits per heavy atom. The fraction of sp³-hybridized carbons (Fsp3) is 0.400. The van der Waals surface area contributed by atoms with E-state index in [9.17, 15) is 13.2 Å². The highest BCUT2D eigenvalue weighted by molar-refractivity contribution is 5.85. The van der Waals surface area contributed by atoms with Gasteiger partial charge in [-0.25, -0.2) is 0 Å². The Bertz CT molecular complexity index is 623. The highest BCUT2D eigenvalue weighted by Crippen LogP contribution is 2.33. The Morgan fingerprint density at radius 3 is 2.59 bits per heavy atom. The summed E-state index contributed by atoms with van der Waals surface area (Å²) >= 11 is 0. The average molecular weight is 332 g/mol. The zero-order valence-corrected chi connectivity index (χ0v) is 12.7. The largest absolute Gasteiger partial charge is 0.435 e. The van der Waals surface area contributed by atoms with Crippen LogP contribution in [0.2, 0.25) is 0 Å². The predicted octanol–water partition coefficient (Wildman–Crippen LogP) is 3.21. The van der Waals surface area contributed by atoms with Crippen LogP contribution in [0, 0.1) is 0 Å². The van der Waals surface area contributed by atoms with Crippen LogP contribution in [0.3, 0.4) is 0 Å². The normalized spacial score (nSPS) is 14.3. The minimum absolute atomic E-state index is 0. The van der Waals surface area contributed by atoms with Gasteiger partial charge < -0.3 is 5.32 Å². The molecule has 120 valence electrons. The van der Waals surface area contributed by atoms with Crippen LogP contribution in [0.1, 0.15) is 22.5 Å². The standard InChI is InChI=1S/C15H16F3N3.ClH/c16-15(17,18)14-12-6-8-19-10-13(12)21(20-14)9-7-11-4-2-1-3-5-11;/h1-5,19H,6-10H2;1H. The second-order valence-electron chi connectivity index (χ2n) is 5.16. The van der Waals surface area contributed by atoms with Crippen molar-refractivity contribution in [3.8, 4) is 0 Å². The number of halogens is 4. The van der Waals surface area contributed by atoms with E-state index in [0.29, 0.717) is 43.7 Å². The van der Waals surface area contributed by atoms with E-state index >= 15 is 0 Å². The summed E-state index contributed by atoms with van der Waals surface area (Å²) in [7, 11) is 0. The van der Waals surface area contributed by atoms with Gasteiger partial charge in [0, 0.05) is 18.7 Å². The second-order valence-corrected chi connectivity index (χ2v) is 5.16. The number of benzene rings is 1. The fourth-order valence-corrected chi connectivity index (χ4v) is 2.71. The van der Waals surface area contributed by atoms with Crippen LogP contribution >= 0.6 is 12.4 Å². The maximum absolute atomic E-state index is 13.1. The number of alkyl halides is 3. The fourth-order valence-electron chi connectivity index (χ4n) is 2.71. The van der Waals surface area contributed by atoms with Crippen LogP contribution in [0.4, 0.5) is 13.2 Å². The Balaban J connectivity index is 0.00000176. The summed E-state index contributed by atoms with van der Waals surface area (Å²) in [6.45, 7) is 1.48. The molecular weight excluding hydrogens is 315 g/mol. The molecule has 0 aliphatic carbocycles. The lowest BCUT2D eigenvalue weighted by atomic mass is 10.1. The molecule has 0 saturated carbocycles. The van der Waals surface area contributed by atoms with Crippen molar-refractivity contribution in [2.24, 2.45) is 0 Å². The Kier molecular flexibility index (Phi) is 5.13. The number of rotatable bonds is 3. The number of hydrogen-bond acceptors (Lipinski definition) is 2. The summed E-state index contributed by atoms with van der Waals surface area (Å²) in [5, 5.41) is 6.95. The number of fused-ring (bicyclic) bond motifs is 1. The molecule has 22 heavy (non-hydrogen) atoms. The van der Waals surface area contributed by atoms with Gasteiger partial charge in [0.2, 0.25) is 0 Å². The summed E-state index contributed by atoms with van der Waals surface area (Å²) in [6.07, 6.45) is -3.32. The quantitative estimate of drug-likeness (QED) is 0.936. The molecule has 0 fully saturated rings. The number of nitrogens with one attached hydrogen (secondary N) is 1. The van der Waals surface area contributed by atoms with Crippen LogP contribution in [-0.2, 0) is 32.1 Å². The molecule has 1 aliphatic heterocycles. The highest BCUT2D eigenvalue weighted by atomic mass is 35.5. The van der Waals surface area contributed by atoms with Gasteiger partial charge in [0.15, 0.2) is 5.69 Å². The van der Waals surface area contributed by atoms with Crippen molar-refractivity contribution >= 4 is 12.4 Å². The van der Waals surface area contributed by atoms with E-state index in [0.717, 1.165) is 5.56 Å².